The molecule has 7 rings (SSSR count). The summed E-state index contributed by atoms with van der Waals surface area (Å²) in [7, 11) is 0. The van der Waals surface area contributed by atoms with Gasteiger partial charge < -0.3 is 22.1 Å². The van der Waals surface area contributed by atoms with E-state index in [1.54, 1.807) is 0 Å². The van der Waals surface area contributed by atoms with Gasteiger partial charge in [-0.15, -0.1) is 0 Å². The van der Waals surface area contributed by atoms with Crippen LogP contribution < -0.4 is 22.1 Å². The highest BCUT2D eigenvalue weighted by molar-refractivity contribution is 5.95. The van der Waals surface area contributed by atoms with Crippen LogP contribution in [0.2, 0.25) is 0 Å². The van der Waals surface area contributed by atoms with Gasteiger partial charge in [0.05, 0.1) is 22.7 Å². The Kier molecular flexibility index (Phi) is 4.63. The second-order valence-corrected chi connectivity index (χ2v) is 9.66. The van der Waals surface area contributed by atoms with Gasteiger partial charge in [0.25, 0.3) is 0 Å². The van der Waals surface area contributed by atoms with Crippen LogP contribution in [0.25, 0.3) is 32.7 Å². The van der Waals surface area contributed by atoms with Crippen molar-refractivity contribution in [3.8, 4) is 11.1 Å². The third kappa shape index (κ3) is 3.30. The number of hydrogen-bond acceptors (Lipinski definition) is 4. The topological polar surface area (TPSA) is 76.1 Å². The fraction of sp³-hybridized carbons (Fsp3) is 0.0303. The quantitative estimate of drug-likeness (QED) is 0.156. The molecule has 1 aliphatic rings. The van der Waals surface area contributed by atoms with Gasteiger partial charge in [-0.1, -0.05) is 97.1 Å². The molecule has 178 valence electrons. The summed E-state index contributed by atoms with van der Waals surface area (Å²) >= 11 is 0. The third-order valence-electron chi connectivity index (χ3n) is 7.43. The van der Waals surface area contributed by atoms with Gasteiger partial charge in [-0.05, 0) is 56.9 Å². The van der Waals surface area contributed by atoms with E-state index >= 15 is 0 Å². The Balaban J connectivity index is 1.47. The first-order valence-electron chi connectivity index (χ1n) is 12.4. The summed E-state index contributed by atoms with van der Waals surface area (Å²) in [4.78, 5) is 0. The van der Waals surface area contributed by atoms with Crippen molar-refractivity contribution in [2.75, 3.05) is 22.1 Å². The molecule has 6 aromatic carbocycles. The van der Waals surface area contributed by atoms with Crippen LogP contribution in [-0.4, -0.2) is 0 Å². The van der Waals surface area contributed by atoms with Gasteiger partial charge in [0, 0.05) is 11.1 Å². The fourth-order valence-electron chi connectivity index (χ4n) is 5.67. The fourth-order valence-corrected chi connectivity index (χ4v) is 5.67. The summed E-state index contributed by atoms with van der Waals surface area (Å²) in [5, 5.41) is 12.2. The van der Waals surface area contributed by atoms with Crippen molar-refractivity contribution in [2.24, 2.45) is 0 Å². The largest absolute Gasteiger partial charge is 0.397 e. The Morgan fingerprint density at radius 1 is 0.432 bits per heavy atom. The number of nitrogens with one attached hydrogen (secondary N) is 2. The average molecular weight is 479 g/mol. The van der Waals surface area contributed by atoms with E-state index in [9.17, 15) is 0 Å². The smallest absolute Gasteiger partial charge is 0.162 e. The Morgan fingerprint density at radius 2 is 0.784 bits per heavy atom. The zero-order valence-corrected chi connectivity index (χ0v) is 20.2. The van der Waals surface area contributed by atoms with Gasteiger partial charge >= 0.3 is 0 Å². The van der Waals surface area contributed by atoms with Crippen molar-refractivity contribution >= 4 is 44.3 Å². The molecule has 4 heteroatoms. The molecule has 0 aliphatic heterocycles. The van der Waals surface area contributed by atoms with Crippen LogP contribution in [-0.2, 0) is 5.66 Å². The third-order valence-corrected chi connectivity index (χ3v) is 7.43. The van der Waals surface area contributed by atoms with Crippen molar-refractivity contribution in [3.63, 3.8) is 0 Å². The lowest BCUT2D eigenvalue weighted by Crippen LogP contribution is -2.43. The van der Waals surface area contributed by atoms with Gasteiger partial charge in [0.2, 0.25) is 0 Å². The molecule has 0 saturated carbocycles. The predicted molar refractivity (Wildman–Crippen MR) is 157 cm³/mol. The van der Waals surface area contributed by atoms with Crippen molar-refractivity contribution < 1.29 is 0 Å². The SMILES string of the molecule is Nc1cc2ccccc2cc1NC1(Nc2cc3ccccc3cc2N)c2ccccc2-c2ccccc21. The lowest BCUT2D eigenvalue weighted by molar-refractivity contribution is 0.701. The standard InChI is InChI=1S/C33H26N4/c34-29-17-21-9-1-3-11-23(21)19-31(29)36-33(37-32-20-24-12-4-2-10-22(24)18-30(32)35)27-15-7-5-13-25(27)26-14-6-8-16-28(26)33/h1-20,36-37H,34-35H2. The molecular weight excluding hydrogens is 452 g/mol. The Labute approximate surface area is 215 Å². The Hall–Kier alpha value is -4.96. The van der Waals surface area contributed by atoms with Gasteiger partial charge in [0.15, 0.2) is 5.66 Å². The minimum absolute atomic E-state index is 0.688. The van der Waals surface area contributed by atoms with E-state index in [-0.39, 0.29) is 0 Å². The van der Waals surface area contributed by atoms with E-state index in [0.29, 0.717) is 11.4 Å². The van der Waals surface area contributed by atoms with Crippen LogP contribution in [0, 0.1) is 0 Å². The molecule has 1 aliphatic carbocycles. The van der Waals surface area contributed by atoms with Crippen LogP contribution in [0.3, 0.4) is 0 Å². The number of benzene rings is 6. The van der Waals surface area contributed by atoms with Crippen molar-refractivity contribution in [1.29, 1.82) is 0 Å². The number of rotatable bonds is 4. The van der Waals surface area contributed by atoms with E-state index in [0.717, 1.165) is 44.0 Å². The van der Waals surface area contributed by atoms with E-state index in [1.807, 2.05) is 36.4 Å². The monoisotopic (exact) mass is 478 g/mol. The predicted octanol–water partition coefficient (Wildman–Crippen LogP) is 7.56. The number of anilines is 4. The summed E-state index contributed by atoms with van der Waals surface area (Å²) < 4.78 is 0. The second kappa shape index (κ2) is 8.04. The Morgan fingerprint density at radius 3 is 1.22 bits per heavy atom. The average Bonchev–Trinajstić information content (AvgIpc) is 3.19. The first kappa shape index (κ1) is 21.3. The molecule has 0 radical (unpaired) electrons. The van der Waals surface area contributed by atoms with Crippen LogP contribution in [0.15, 0.2) is 121 Å². The van der Waals surface area contributed by atoms with E-state index in [1.165, 1.54) is 11.1 Å². The molecule has 0 heterocycles. The summed E-state index contributed by atoms with van der Waals surface area (Å²) in [5.74, 6) is 0. The normalized spacial score (nSPS) is 13.3. The molecule has 6 N–H and O–H groups in total. The summed E-state index contributed by atoms with van der Waals surface area (Å²) in [6.07, 6.45) is 0. The van der Waals surface area contributed by atoms with Gasteiger partial charge in [-0.2, -0.15) is 0 Å². The molecule has 0 unspecified atom stereocenters. The minimum atomic E-state index is -0.791. The van der Waals surface area contributed by atoms with Crippen LogP contribution in [0.1, 0.15) is 11.1 Å². The molecule has 37 heavy (non-hydrogen) atoms. The van der Waals surface area contributed by atoms with Crippen molar-refractivity contribution in [1.82, 2.24) is 0 Å². The highest BCUT2D eigenvalue weighted by Gasteiger charge is 2.44. The second-order valence-electron chi connectivity index (χ2n) is 9.66. The molecule has 0 saturated heterocycles. The zero-order chi connectivity index (χ0) is 25.0. The summed E-state index contributed by atoms with van der Waals surface area (Å²) in [6.45, 7) is 0. The molecule has 4 nitrogen and oxygen atoms in total. The molecule has 0 fully saturated rings. The van der Waals surface area contributed by atoms with Crippen LogP contribution in [0.5, 0.6) is 0 Å². The van der Waals surface area contributed by atoms with Gasteiger partial charge in [-0.25, -0.2) is 0 Å². The Bertz CT molecular complexity index is 1690. The van der Waals surface area contributed by atoms with Crippen LogP contribution >= 0.6 is 0 Å². The number of nitrogens with two attached hydrogens (primary N) is 2. The van der Waals surface area contributed by atoms with Crippen molar-refractivity contribution in [2.45, 2.75) is 5.66 Å². The van der Waals surface area contributed by atoms with E-state index in [4.69, 9.17) is 11.5 Å². The van der Waals surface area contributed by atoms with Gasteiger partial charge in [0.1, 0.15) is 0 Å². The molecule has 0 spiro atoms. The molecule has 0 bridgehead atoms. The molecular formula is C33H26N4. The maximum atomic E-state index is 6.65. The number of fused-ring (bicyclic) bond motifs is 5. The molecule has 0 amide bonds. The maximum absolute atomic E-state index is 6.65. The highest BCUT2D eigenvalue weighted by atomic mass is 15.2. The lowest BCUT2D eigenvalue weighted by Gasteiger charge is -2.37. The van der Waals surface area contributed by atoms with Crippen molar-refractivity contribution in [3.05, 3.63) is 132 Å². The zero-order valence-electron chi connectivity index (χ0n) is 20.2. The minimum Gasteiger partial charge on any atom is -0.397 e. The summed E-state index contributed by atoms with van der Waals surface area (Å²) in [6, 6.07) is 41.9. The highest BCUT2D eigenvalue weighted by Crippen LogP contribution is 2.50. The number of nitrogen functional groups attached to an aromatic ring is 2. The van der Waals surface area contributed by atoms with Crippen LogP contribution in [0.4, 0.5) is 22.7 Å². The maximum Gasteiger partial charge on any atom is 0.162 e. The lowest BCUT2D eigenvalue weighted by atomic mass is 9.94. The summed E-state index contributed by atoms with van der Waals surface area (Å²) in [5.41, 5.74) is 20.2. The van der Waals surface area contributed by atoms with Gasteiger partial charge in [-0.3, -0.25) is 0 Å². The first-order chi connectivity index (χ1) is 18.1. The molecule has 0 atom stereocenters. The van der Waals surface area contributed by atoms with E-state index in [2.05, 4.69) is 95.6 Å². The molecule has 0 aromatic heterocycles. The molecule has 6 aromatic rings. The number of hydrogen-bond donors (Lipinski definition) is 4. The van der Waals surface area contributed by atoms with E-state index < -0.39 is 5.66 Å². The first-order valence-corrected chi connectivity index (χ1v) is 12.4.